The van der Waals surface area contributed by atoms with Crippen LogP contribution in [0.3, 0.4) is 0 Å². The zero-order valence-corrected chi connectivity index (χ0v) is 13.8. The van der Waals surface area contributed by atoms with Gasteiger partial charge in [-0.05, 0) is 49.6 Å². The molecule has 20 heavy (non-hydrogen) atoms. The van der Waals surface area contributed by atoms with Gasteiger partial charge in [0, 0.05) is 29.0 Å². The Hall–Kier alpha value is -0.380. The lowest BCUT2D eigenvalue weighted by atomic mass is 9.91. The van der Waals surface area contributed by atoms with Crippen LogP contribution in [0.1, 0.15) is 57.4 Å². The third kappa shape index (κ3) is 2.68. The molecule has 1 aromatic heterocycles. The van der Waals surface area contributed by atoms with E-state index in [9.17, 15) is 0 Å². The minimum atomic E-state index is 0.634. The van der Waals surface area contributed by atoms with Crippen LogP contribution in [-0.2, 0) is 0 Å². The Labute approximate surface area is 127 Å². The molecule has 2 aliphatic heterocycles. The summed E-state index contributed by atoms with van der Waals surface area (Å²) in [6.07, 6.45) is 5.50. The predicted octanol–water partition coefficient (Wildman–Crippen LogP) is 4.05. The summed E-state index contributed by atoms with van der Waals surface area (Å²) in [6, 6.07) is 7.54. The fraction of sp³-hybridized carbons (Fsp3) is 0.765. The van der Waals surface area contributed by atoms with Gasteiger partial charge < -0.3 is 5.32 Å². The average Bonchev–Trinajstić information content (AvgIpc) is 2.99. The summed E-state index contributed by atoms with van der Waals surface area (Å²) < 4.78 is 0. The highest BCUT2D eigenvalue weighted by Gasteiger charge is 2.44. The summed E-state index contributed by atoms with van der Waals surface area (Å²) >= 11 is 1.94. The summed E-state index contributed by atoms with van der Waals surface area (Å²) in [5.74, 6) is 0.701. The number of nitrogens with one attached hydrogen (secondary N) is 1. The Morgan fingerprint density at radius 2 is 2.00 bits per heavy atom. The molecule has 2 fully saturated rings. The average molecular weight is 292 g/mol. The van der Waals surface area contributed by atoms with Crippen molar-refractivity contribution in [2.24, 2.45) is 5.92 Å². The van der Waals surface area contributed by atoms with Crippen molar-refractivity contribution in [2.45, 2.75) is 70.6 Å². The number of piperidine rings is 1. The van der Waals surface area contributed by atoms with Gasteiger partial charge in [-0.15, -0.1) is 11.3 Å². The van der Waals surface area contributed by atoms with Crippen LogP contribution in [0.15, 0.2) is 17.5 Å². The van der Waals surface area contributed by atoms with E-state index in [2.05, 4.69) is 48.5 Å². The van der Waals surface area contributed by atoms with Gasteiger partial charge in [0.1, 0.15) is 0 Å². The maximum Gasteiger partial charge on any atom is 0.0470 e. The maximum absolute atomic E-state index is 3.68. The minimum absolute atomic E-state index is 0.634. The molecule has 1 N–H and O–H groups in total. The third-order valence-electron chi connectivity index (χ3n) is 5.07. The lowest BCUT2D eigenvalue weighted by Crippen LogP contribution is -2.51. The van der Waals surface area contributed by atoms with Crippen LogP contribution >= 0.6 is 11.3 Å². The van der Waals surface area contributed by atoms with Crippen LogP contribution in [0.2, 0.25) is 0 Å². The fourth-order valence-electron chi connectivity index (χ4n) is 4.40. The van der Waals surface area contributed by atoms with Gasteiger partial charge in [-0.25, -0.2) is 0 Å². The van der Waals surface area contributed by atoms with Crippen molar-refractivity contribution in [1.82, 2.24) is 10.2 Å². The van der Waals surface area contributed by atoms with Crippen LogP contribution in [0.5, 0.6) is 0 Å². The summed E-state index contributed by atoms with van der Waals surface area (Å²) in [7, 11) is 0. The first-order chi connectivity index (χ1) is 9.70. The van der Waals surface area contributed by atoms with E-state index in [-0.39, 0.29) is 0 Å². The molecule has 2 saturated heterocycles. The van der Waals surface area contributed by atoms with Gasteiger partial charge in [0.05, 0.1) is 0 Å². The number of nitrogens with zero attached hydrogens (tertiary/aromatic N) is 1. The molecule has 2 bridgehead atoms. The summed E-state index contributed by atoms with van der Waals surface area (Å²) in [6.45, 7) is 8.12. The SMILES string of the molecule is CCNC1CC2CCC(C1)N2C(c1cccs1)C(C)C. The quantitative estimate of drug-likeness (QED) is 0.881. The van der Waals surface area contributed by atoms with Gasteiger partial charge >= 0.3 is 0 Å². The Balaban J connectivity index is 1.80. The molecule has 0 saturated carbocycles. The Morgan fingerprint density at radius 1 is 1.30 bits per heavy atom. The first-order valence-electron chi connectivity index (χ1n) is 8.25. The summed E-state index contributed by atoms with van der Waals surface area (Å²) in [5, 5.41) is 5.92. The lowest BCUT2D eigenvalue weighted by Gasteiger charge is -2.45. The summed E-state index contributed by atoms with van der Waals surface area (Å²) in [5.41, 5.74) is 0. The second-order valence-electron chi connectivity index (χ2n) is 6.76. The first kappa shape index (κ1) is 14.6. The number of fused-ring (bicyclic) bond motifs is 2. The van der Waals surface area contributed by atoms with Crippen molar-refractivity contribution in [3.05, 3.63) is 22.4 Å². The van der Waals surface area contributed by atoms with Crippen LogP contribution in [-0.4, -0.2) is 29.6 Å². The highest BCUT2D eigenvalue weighted by atomic mass is 32.1. The van der Waals surface area contributed by atoms with E-state index in [1.54, 1.807) is 4.88 Å². The van der Waals surface area contributed by atoms with Gasteiger partial charge in [-0.3, -0.25) is 4.90 Å². The smallest absolute Gasteiger partial charge is 0.0470 e. The minimum Gasteiger partial charge on any atom is -0.314 e. The standard InChI is InChI=1S/C17H28N2S/c1-4-18-13-10-14-7-8-15(11-13)19(14)17(12(2)3)16-6-5-9-20-16/h5-6,9,12-15,17-18H,4,7-8,10-11H2,1-3H3. The molecule has 0 aliphatic carbocycles. The second kappa shape index (κ2) is 6.17. The number of hydrogen-bond donors (Lipinski definition) is 1. The van der Waals surface area contributed by atoms with Crippen LogP contribution in [0, 0.1) is 5.92 Å². The predicted molar refractivity (Wildman–Crippen MR) is 87.2 cm³/mol. The highest BCUT2D eigenvalue weighted by molar-refractivity contribution is 7.10. The van der Waals surface area contributed by atoms with Gasteiger partial charge in [-0.2, -0.15) is 0 Å². The molecule has 1 aromatic rings. The molecule has 3 heteroatoms. The monoisotopic (exact) mass is 292 g/mol. The molecule has 3 rings (SSSR count). The maximum atomic E-state index is 3.68. The molecule has 3 unspecified atom stereocenters. The number of thiophene rings is 1. The topological polar surface area (TPSA) is 15.3 Å². The molecular formula is C17H28N2S. The Bertz CT molecular complexity index is 401. The van der Waals surface area contributed by atoms with Crippen LogP contribution in [0.4, 0.5) is 0 Å². The molecule has 0 aromatic carbocycles. The van der Waals surface area contributed by atoms with E-state index in [1.165, 1.54) is 25.7 Å². The van der Waals surface area contributed by atoms with E-state index in [4.69, 9.17) is 0 Å². The molecule has 0 spiro atoms. The normalized spacial score (nSPS) is 31.9. The van der Waals surface area contributed by atoms with Crippen molar-refractivity contribution in [3.63, 3.8) is 0 Å². The lowest BCUT2D eigenvalue weighted by molar-refractivity contribution is 0.0491. The fourth-order valence-corrected chi connectivity index (χ4v) is 5.41. The van der Waals surface area contributed by atoms with Crippen molar-refractivity contribution in [2.75, 3.05) is 6.54 Å². The number of hydrogen-bond acceptors (Lipinski definition) is 3. The Morgan fingerprint density at radius 3 is 2.50 bits per heavy atom. The van der Waals surface area contributed by atoms with Gasteiger partial charge in [0.25, 0.3) is 0 Å². The van der Waals surface area contributed by atoms with Crippen molar-refractivity contribution < 1.29 is 0 Å². The molecule has 2 aliphatic rings. The van der Waals surface area contributed by atoms with Gasteiger partial charge in [-0.1, -0.05) is 26.8 Å². The van der Waals surface area contributed by atoms with E-state index < -0.39 is 0 Å². The van der Waals surface area contributed by atoms with E-state index in [1.807, 2.05) is 11.3 Å². The van der Waals surface area contributed by atoms with Crippen LogP contribution < -0.4 is 5.32 Å². The van der Waals surface area contributed by atoms with E-state index in [0.29, 0.717) is 12.0 Å². The molecule has 0 radical (unpaired) electrons. The van der Waals surface area contributed by atoms with Crippen molar-refractivity contribution in [3.8, 4) is 0 Å². The summed E-state index contributed by atoms with van der Waals surface area (Å²) in [4.78, 5) is 4.45. The van der Waals surface area contributed by atoms with Crippen LogP contribution in [0.25, 0.3) is 0 Å². The molecule has 3 atom stereocenters. The largest absolute Gasteiger partial charge is 0.314 e. The molecule has 112 valence electrons. The van der Waals surface area contributed by atoms with Gasteiger partial charge in [0.15, 0.2) is 0 Å². The second-order valence-corrected chi connectivity index (χ2v) is 7.74. The van der Waals surface area contributed by atoms with Crippen molar-refractivity contribution in [1.29, 1.82) is 0 Å². The molecule has 0 amide bonds. The first-order valence-corrected chi connectivity index (χ1v) is 9.12. The zero-order valence-electron chi connectivity index (χ0n) is 13.0. The van der Waals surface area contributed by atoms with E-state index in [0.717, 1.165) is 24.7 Å². The van der Waals surface area contributed by atoms with Gasteiger partial charge in [0.2, 0.25) is 0 Å². The zero-order chi connectivity index (χ0) is 14.1. The third-order valence-corrected chi connectivity index (χ3v) is 6.01. The van der Waals surface area contributed by atoms with Crippen molar-refractivity contribution >= 4 is 11.3 Å². The number of rotatable bonds is 5. The Kier molecular flexibility index (Phi) is 4.49. The van der Waals surface area contributed by atoms with E-state index >= 15 is 0 Å². The molecular weight excluding hydrogens is 264 g/mol. The molecule has 2 nitrogen and oxygen atoms in total. The highest BCUT2D eigenvalue weighted by Crippen LogP contribution is 2.45. The molecule has 3 heterocycles.